The quantitative estimate of drug-likeness (QED) is 0.845. The van der Waals surface area contributed by atoms with E-state index in [-0.39, 0.29) is 6.42 Å². The molecular weight excluding hydrogens is 248 g/mol. The molecule has 1 aromatic rings. The van der Waals surface area contributed by atoms with E-state index in [9.17, 15) is 4.79 Å². The molecule has 1 N–H and O–H groups in total. The Morgan fingerprint density at radius 1 is 1.33 bits per heavy atom. The van der Waals surface area contributed by atoms with Crippen LogP contribution in [0.25, 0.3) is 5.57 Å². The van der Waals surface area contributed by atoms with Crippen molar-refractivity contribution >= 4 is 23.1 Å². The van der Waals surface area contributed by atoms with Gasteiger partial charge in [0.2, 0.25) is 0 Å². The predicted octanol–water partition coefficient (Wildman–Crippen LogP) is 4.62. The van der Waals surface area contributed by atoms with E-state index in [0.717, 1.165) is 29.5 Å². The minimum absolute atomic E-state index is 0.0403. The van der Waals surface area contributed by atoms with Crippen LogP contribution in [-0.2, 0) is 4.79 Å². The van der Waals surface area contributed by atoms with Crippen LogP contribution < -0.4 is 0 Å². The summed E-state index contributed by atoms with van der Waals surface area (Å²) in [7, 11) is 0. The number of hydrogen-bond acceptors (Lipinski definition) is 1. The van der Waals surface area contributed by atoms with Crippen LogP contribution in [0.3, 0.4) is 0 Å². The fourth-order valence-electron chi connectivity index (χ4n) is 1.85. The van der Waals surface area contributed by atoms with E-state index in [0.29, 0.717) is 5.02 Å². The van der Waals surface area contributed by atoms with Gasteiger partial charge in [0.05, 0.1) is 6.42 Å². The lowest BCUT2D eigenvalue weighted by Crippen LogP contribution is -1.95. The van der Waals surface area contributed by atoms with E-state index in [1.807, 2.05) is 26.0 Å². The zero-order valence-electron chi connectivity index (χ0n) is 11.1. The maximum Gasteiger partial charge on any atom is 0.307 e. The molecule has 0 spiro atoms. The Bertz CT molecular complexity index is 476. The average Bonchev–Trinajstić information content (AvgIpc) is 2.29. The summed E-state index contributed by atoms with van der Waals surface area (Å²) >= 11 is 6.26. The molecule has 1 rings (SSSR count). The number of rotatable bonds is 5. The highest BCUT2D eigenvalue weighted by molar-refractivity contribution is 6.32. The normalized spacial score (nSPS) is 11.7. The molecule has 0 unspecified atom stereocenters. The molecular formula is C15H19ClO2. The summed E-state index contributed by atoms with van der Waals surface area (Å²) in [5, 5.41) is 9.47. The van der Waals surface area contributed by atoms with Gasteiger partial charge in [0.25, 0.3) is 0 Å². The third kappa shape index (κ3) is 3.88. The van der Waals surface area contributed by atoms with E-state index in [2.05, 4.69) is 6.92 Å². The summed E-state index contributed by atoms with van der Waals surface area (Å²) in [5.41, 5.74) is 4.31. The molecule has 0 fully saturated rings. The molecule has 2 nitrogen and oxygen atoms in total. The molecule has 0 aliphatic carbocycles. The second-order valence-electron chi connectivity index (χ2n) is 4.49. The molecule has 1 aromatic carbocycles. The van der Waals surface area contributed by atoms with Crippen LogP contribution in [0.1, 0.15) is 42.9 Å². The van der Waals surface area contributed by atoms with Gasteiger partial charge in [0.15, 0.2) is 0 Å². The average molecular weight is 267 g/mol. The van der Waals surface area contributed by atoms with Gasteiger partial charge in [-0.2, -0.15) is 0 Å². The zero-order valence-corrected chi connectivity index (χ0v) is 11.8. The minimum Gasteiger partial charge on any atom is -0.481 e. The van der Waals surface area contributed by atoms with E-state index in [1.54, 1.807) is 6.08 Å². The highest BCUT2D eigenvalue weighted by Crippen LogP contribution is 2.30. The Balaban J connectivity index is 3.17. The fourth-order valence-corrected chi connectivity index (χ4v) is 2.19. The molecule has 0 heterocycles. The van der Waals surface area contributed by atoms with Crippen LogP contribution in [0.4, 0.5) is 0 Å². The highest BCUT2D eigenvalue weighted by atomic mass is 35.5. The first-order chi connectivity index (χ1) is 8.45. The molecule has 0 aliphatic heterocycles. The molecule has 0 amide bonds. The van der Waals surface area contributed by atoms with Crippen molar-refractivity contribution in [1.82, 2.24) is 0 Å². The van der Waals surface area contributed by atoms with Gasteiger partial charge in [0, 0.05) is 5.02 Å². The van der Waals surface area contributed by atoms with Crippen LogP contribution >= 0.6 is 11.6 Å². The largest absolute Gasteiger partial charge is 0.481 e. The molecule has 3 heteroatoms. The van der Waals surface area contributed by atoms with Crippen molar-refractivity contribution in [2.45, 2.75) is 40.0 Å². The maximum absolute atomic E-state index is 10.7. The molecule has 98 valence electrons. The molecule has 0 radical (unpaired) electrons. The van der Waals surface area contributed by atoms with Crippen molar-refractivity contribution < 1.29 is 9.90 Å². The fraction of sp³-hybridized carbons (Fsp3) is 0.400. The minimum atomic E-state index is -0.816. The lowest BCUT2D eigenvalue weighted by atomic mass is 9.96. The Morgan fingerprint density at radius 3 is 2.50 bits per heavy atom. The van der Waals surface area contributed by atoms with Crippen LogP contribution in [0.15, 0.2) is 18.2 Å². The number of aliphatic carboxylic acids is 1. The van der Waals surface area contributed by atoms with Crippen molar-refractivity contribution in [2.24, 2.45) is 0 Å². The number of carboxylic acids is 1. The van der Waals surface area contributed by atoms with E-state index in [4.69, 9.17) is 16.7 Å². The molecule has 0 bridgehead atoms. The second kappa shape index (κ2) is 6.60. The van der Waals surface area contributed by atoms with Crippen molar-refractivity contribution in [3.8, 4) is 0 Å². The first kappa shape index (κ1) is 14.8. The first-order valence-electron chi connectivity index (χ1n) is 6.13. The van der Waals surface area contributed by atoms with Gasteiger partial charge < -0.3 is 5.11 Å². The van der Waals surface area contributed by atoms with Gasteiger partial charge in [-0.15, -0.1) is 0 Å². The van der Waals surface area contributed by atoms with E-state index in [1.165, 1.54) is 5.56 Å². The summed E-state index contributed by atoms with van der Waals surface area (Å²) in [4.78, 5) is 10.7. The standard InChI is InChI=1S/C15H19ClO2/c1-4-5-12(6-7-15(17)18)13-8-10(2)11(3)9-14(13)16/h6,8-9H,4-5,7H2,1-3H3,(H,17,18)/b12-6+. The summed E-state index contributed by atoms with van der Waals surface area (Å²) < 4.78 is 0. The Morgan fingerprint density at radius 2 is 1.94 bits per heavy atom. The number of carboxylic acid groups (broad SMARTS) is 1. The molecule has 0 atom stereocenters. The summed E-state index contributed by atoms with van der Waals surface area (Å²) in [6.07, 6.45) is 3.62. The van der Waals surface area contributed by atoms with Crippen molar-refractivity contribution in [3.63, 3.8) is 0 Å². The smallest absolute Gasteiger partial charge is 0.307 e. The molecule has 0 aliphatic rings. The van der Waals surface area contributed by atoms with Gasteiger partial charge in [0.1, 0.15) is 0 Å². The number of benzene rings is 1. The Labute approximate surface area is 113 Å². The van der Waals surface area contributed by atoms with Crippen LogP contribution in [0.2, 0.25) is 5.02 Å². The summed E-state index contributed by atoms with van der Waals surface area (Å²) in [5.74, 6) is -0.816. The summed E-state index contributed by atoms with van der Waals surface area (Å²) in [6.45, 7) is 6.13. The van der Waals surface area contributed by atoms with Gasteiger partial charge in [-0.3, -0.25) is 4.79 Å². The van der Waals surface area contributed by atoms with Crippen LogP contribution in [0.5, 0.6) is 0 Å². The Kier molecular flexibility index (Phi) is 5.42. The van der Waals surface area contributed by atoms with Gasteiger partial charge in [-0.25, -0.2) is 0 Å². The van der Waals surface area contributed by atoms with E-state index < -0.39 is 5.97 Å². The lowest BCUT2D eigenvalue weighted by molar-refractivity contribution is -0.135. The third-order valence-corrected chi connectivity index (χ3v) is 3.28. The third-order valence-electron chi connectivity index (χ3n) is 2.97. The maximum atomic E-state index is 10.7. The van der Waals surface area contributed by atoms with Crippen LogP contribution in [-0.4, -0.2) is 11.1 Å². The van der Waals surface area contributed by atoms with Gasteiger partial charge in [-0.05, 0) is 48.6 Å². The number of carbonyl (C=O) groups is 1. The zero-order chi connectivity index (χ0) is 13.7. The van der Waals surface area contributed by atoms with Crippen LogP contribution in [0, 0.1) is 13.8 Å². The number of aryl methyl sites for hydroxylation is 2. The topological polar surface area (TPSA) is 37.3 Å². The van der Waals surface area contributed by atoms with E-state index >= 15 is 0 Å². The number of hydrogen-bond donors (Lipinski definition) is 1. The van der Waals surface area contributed by atoms with Gasteiger partial charge in [-0.1, -0.05) is 37.1 Å². The van der Waals surface area contributed by atoms with Crippen molar-refractivity contribution in [1.29, 1.82) is 0 Å². The second-order valence-corrected chi connectivity index (χ2v) is 4.90. The highest BCUT2D eigenvalue weighted by Gasteiger charge is 2.09. The first-order valence-corrected chi connectivity index (χ1v) is 6.51. The monoisotopic (exact) mass is 266 g/mol. The molecule has 0 aromatic heterocycles. The number of halogens is 1. The van der Waals surface area contributed by atoms with Gasteiger partial charge >= 0.3 is 5.97 Å². The lowest BCUT2D eigenvalue weighted by Gasteiger charge is -2.12. The molecule has 0 saturated heterocycles. The summed E-state index contributed by atoms with van der Waals surface area (Å²) in [6, 6.07) is 3.98. The van der Waals surface area contributed by atoms with Crippen molar-refractivity contribution in [3.05, 3.63) is 39.9 Å². The van der Waals surface area contributed by atoms with Crippen molar-refractivity contribution in [2.75, 3.05) is 0 Å². The molecule has 18 heavy (non-hydrogen) atoms. The number of allylic oxidation sites excluding steroid dienone is 1. The SMILES string of the molecule is CCC/C(=C\CC(=O)O)c1cc(C)c(C)cc1Cl. The molecule has 0 saturated carbocycles. The predicted molar refractivity (Wildman–Crippen MR) is 76.1 cm³/mol. The Hall–Kier alpha value is -1.28.